The van der Waals surface area contributed by atoms with Gasteiger partial charge in [0.05, 0.1) is 12.1 Å². The van der Waals surface area contributed by atoms with E-state index in [1.165, 1.54) is 0 Å². The van der Waals surface area contributed by atoms with Crippen LogP contribution in [0, 0.1) is 0 Å². The van der Waals surface area contributed by atoms with Gasteiger partial charge in [0.2, 0.25) is 5.91 Å². The summed E-state index contributed by atoms with van der Waals surface area (Å²) in [6, 6.07) is 0. The maximum atomic E-state index is 11.3. The number of rotatable bonds is 0. The monoisotopic (exact) mass is 171 g/mol. The molecule has 0 radical (unpaired) electrons. The highest BCUT2D eigenvalue weighted by atomic mass is 16.5. The molecule has 1 heterocycles. The van der Waals surface area contributed by atoms with E-state index in [0.717, 1.165) is 0 Å². The number of hydrogen-bond donors (Lipinski definition) is 0. The maximum absolute atomic E-state index is 11.3. The van der Waals surface area contributed by atoms with Crippen LogP contribution in [-0.2, 0) is 9.53 Å². The minimum atomic E-state index is -0.449. The third-order valence-corrected chi connectivity index (χ3v) is 2.24. The summed E-state index contributed by atoms with van der Waals surface area (Å²) in [7, 11) is 0. The number of nitrogens with zero attached hydrogens (tertiary/aromatic N) is 1. The van der Waals surface area contributed by atoms with Crippen LogP contribution in [0.5, 0.6) is 0 Å². The zero-order valence-electron chi connectivity index (χ0n) is 8.47. The first kappa shape index (κ1) is 9.52. The first-order valence-electron chi connectivity index (χ1n) is 4.22. The molecule has 1 saturated heterocycles. The molecule has 0 N–H and O–H groups in total. The van der Waals surface area contributed by atoms with Crippen molar-refractivity contribution < 1.29 is 9.53 Å². The number of hydrogen-bond acceptors (Lipinski definition) is 2. The van der Waals surface area contributed by atoms with E-state index in [1.807, 2.05) is 27.7 Å². The van der Waals surface area contributed by atoms with Crippen molar-refractivity contribution in [1.82, 2.24) is 4.90 Å². The van der Waals surface area contributed by atoms with Gasteiger partial charge >= 0.3 is 0 Å². The molecule has 0 aromatic rings. The summed E-state index contributed by atoms with van der Waals surface area (Å²) >= 11 is 0. The summed E-state index contributed by atoms with van der Waals surface area (Å²) in [5, 5.41) is 0. The molecule has 1 aliphatic rings. The summed E-state index contributed by atoms with van der Waals surface area (Å²) in [6.45, 7) is 10.1. The predicted molar refractivity (Wildman–Crippen MR) is 46.6 cm³/mol. The van der Waals surface area contributed by atoms with Crippen molar-refractivity contribution in [3.8, 4) is 0 Å². The highest BCUT2D eigenvalue weighted by Crippen LogP contribution is 2.34. The van der Waals surface area contributed by atoms with Crippen LogP contribution < -0.4 is 0 Å². The van der Waals surface area contributed by atoms with Crippen molar-refractivity contribution in [3.05, 3.63) is 0 Å². The van der Waals surface area contributed by atoms with Gasteiger partial charge in [0.25, 0.3) is 0 Å². The van der Waals surface area contributed by atoms with Crippen LogP contribution in [-0.4, -0.2) is 28.7 Å². The number of carbonyl (C=O) groups is 1. The molecule has 12 heavy (non-hydrogen) atoms. The summed E-state index contributed by atoms with van der Waals surface area (Å²) in [6.07, 6.45) is 0. The van der Waals surface area contributed by atoms with Crippen LogP contribution in [0.4, 0.5) is 0 Å². The lowest BCUT2D eigenvalue weighted by Gasteiger charge is -2.36. The van der Waals surface area contributed by atoms with Crippen LogP contribution in [0.15, 0.2) is 0 Å². The largest absolute Gasteiger partial charge is 0.354 e. The van der Waals surface area contributed by atoms with Gasteiger partial charge in [0, 0.05) is 6.92 Å². The van der Waals surface area contributed by atoms with E-state index in [4.69, 9.17) is 4.74 Å². The first-order valence-corrected chi connectivity index (χ1v) is 4.22. The van der Waals surface area contributed by atoms with Crippen LogP contribution in [0.2, 0.25) is 0 Å². The minimum absolute atomic E-state index is 0.0718. The molecule has 1 rings (SSSR count). The Morgan fingerprint density at radius 2 is 1.83 bits per heavy atom. The highest BCUT2D eigenvalue weighted by Gasteiger charge is 2.47. The van der Waals surface area contributed by atoms with Crippen LogP contribution in [0.3, 0.4) is 0 Å². The lowest BCUT2D eigenvalue weighted by Crippen LogP contribution is -2.51. The summed E-state index contributed by atoms with van der Waals surface area (Å²) in [5.41, 5.74) is -0.620. The van der Waals surface area contributed by atoms with Crippen molar-refractivity contribution in [3.63, 3.8) is 0 Å². The van der Waals surface area contributed by atoms with Gasteiger partial charge in [-0.15, -0.1) is 0 Å². The SMILES string of the molecule is CC(=O)N1C(C)(C)COC1(C)C. The van der Waals surface area contributed by atoms with Crippen molar-refractivity contribution in [2.75, 3.05) is 6.61 Å². The number of amides is 1. The second-order valence-electron chi connectivity index (χ2n) is 4.40. The standard InChI is InChI=1S/C9H17NO2/c1-7(11)10-8(2,3)6-12-9(10,4)5/h6H2,1-5H3. The molecule has 0 unspecified atom stereocenters. The Balaban J connectivity index is 2.96. The molecule has 1 amide bonds. The first-order chi connectivity index (χ1) is 5.27. The summed E-state index contributed by atoms with van der Waals surface area (Å²) in [5.74, 6) is 0.0718. The van der Waals surface area contributed by atoms with Crippen LogP contribution >= 0.6 is 0 Å². The lowest BCUT2D eigenvalue weighted by atomic mass is 10.0. The molecule has 1 aliphatic heterocycles. The van der Waals surface area contributed by atoms with Crippen molar-refractivity contribution in [2.45, 2.75) is 45.9 Å². The number of carbonyl (C=O) groups excluding carboxylic acids is 1. The Morgan fingerprint density at radius 3 is 2.00 bits per heavy atom. The van der Waals surface area contributed by atoms with Gasteiger partial charge in [-0.05, 0) is 27.7 Å². The van der Waals surface area contributed by atoms with Crippen LogP contribution in [0.25, 0.3) is 0 Å². The van der Waals surface area contributed by atoms with E-state index >= 15 is 0 Å². The van der Waals surface area contributed by atoms with E-state index in [0.29, 0.717) is 6.61 Å². The highest BCUT2D eigenvalue weighted by molar-refractivity contribution is 5.75. The Morgan fingerprint density at radius 1 is 1.33 bits per heavy atom. The van der Waals surface area contributed by atoms with E-state index < -0.39 is 5.72 Å². The Labute approximate surface area is 73.7 Å². The topological polar surface area (TPSA) is 29.5 Å². The molecule has 0 bridgehead atoms. The Hall–Kier alpha value is -0.570. The zero-order chi connectivity index (χ0) is 9.57. The third kappa shape index (κ3) is 1.33. The Bertz CT molecular complexity index is 193. The smallest absolute Gasteiger partial charge is 0.222 e. The molecule has 0 aliphatic carbocycles. The molecular weight excluding hydrogens is 154 g/mol. The minimum Gasteiger partial charge on any atom is -0.354 e. The van der Waals surface area contributed by atoms with E-state index in [9.17, 15) is 4.79 Å². The molecule has 3 nitrogen and oxygen atoms in total. The van der Waals surface area contributed by atoms with Gasteiger partial charge in [-0.2, -0.15) is 0 Å². The second-order valence-corrected chi connectivity index (χ2v) is 4.40. The average molecular weight is 171 g/mol. The summed E-state index contributed by atoms with van der Waals surface area (Å²) in [4.78, 5) is 13.1. The van der Waals surface area contributed by atoms with Gasteiger partial charge in [0.1, 0.15) is 5.72 Å². The van der Waals surface area contributed by atoms with Gasteiger partial charge < -0.3 is 9.64 Å². The van der Waals surface area contributed by atoms with Crippen molar-refractivity contribution >= 4 is 5.91 Å². The molecule has 0 atom stereocenters. The van der Waals surface area contributed by atoms with E-state index in [2.05, 4.69) is 0 Å². The van der Waals surface area contributed by atoms with Crippen molar-refractivity contribution in [1.29, 1.82) is 0 Å². The molecule has 0 spiro atoms. The molecule has 0 aromatic heterocycles. The normalized spacial score (nSPS) is 25.9. The van der Waals surface area contributed by atoms with Gasteiger partial charge in [0.15, 0.2) is 0 Å². The molecule has 0 saturated carbocycles. The van der Waals surface area contributed by atoms with Crippen molar-refractivity contribution in [2.24, 2.45) is 0 Å². The zero-order valence-corrected chi connectivity index (χ0v) is 8.47. The number of ether oxygens (including phenoxy) is 1. The van der Waals surface area contributed by atoms with E-state index in [1.54, 1.807) is 11.8 Å². The molecular formula is C9H17NO2. The fraction of sp³-hybridized carbons (Fsp3) is 0.889. The van der Waals surface area contributed by atoms with Gasteiger partial charge in [-0.25, -0.2) is 0 Å². The van der Waals surface area contributed by atoms with Crippen LogP contribution in [0.1, 0.15) is 34.6 Å². The molecule has 70 valence electrons. The fourth-order valence-corrected chi connectivity index (χ4v) is 2.02. The predicted octanol–water partition coefficient (Wildman–Crippen LogP) is 1.38. The fourth-order valence-electron chi connectivity index (χ4n) is 2.02. The summed E-state index contributed by atoms with van der Waals surface area (Å²) < 4.78 is 5.53. The molecule has 3 heteroatoms. The lowest BCUT2D eigenvalue weighted by molar-refractivity contribution is -0.146. The second kappa shape index (κ2) is 2.46. The molecule has 0 aromatic carbocycles. The molecule has 1 fully saturated rings. The van der Waals surface area contributed by atoms with Gasteiger partial charge in [-0.1, -0.05) is 0 Å². The van der Waals surface area contributed by atoms with Gasteiger partial charge in [-0.3, -0.25) is 4.79 Å². The maximum Gasteiger partial charge on any atom is 0.222 e. The third-order valence-electron chi connectivity index (χ3n) is 2.24. The average Bonchev–Trinajstić information content (AvgIpc) is 2.01. The van der Waals surface area contributed by atoms with E-state index in [-0.39, 0.29) is 11.4 Å². The quantitative estimate of drug-likeness (QED) is 0.551. The Kier molecular flexibility index (Phi) is 1.95.